The minimum atomic E-state index is -0.704. The largest absolute Gasteiger partial charge is 0.392 e. The highest BCUT2D eigenvalue weighted by atomic mass is 32.1. The lowest BCUT2D eigenvalue weighted by molar-refractivity contribution is -0.128. The van der Waals surface area contributed by atoms with Crippen LogP contribution in [0.5, 0.6) is 0 Å². The molecule has 0 aromatic rings. The fourth-order valence-electron chi connectivity index (χ4n) is 2.38. The second-order valence-corrected chi connectivity index (χ2v) is 5.29. The quantitative estimate of drug-likeness (QED) is 0.723. The van der Waals surface area contributed by atoms with Gasteiger partial charge in [-0.2, -0.15) is 0 Å². The maximum Gasteiger partial charge on any atom is 0.233 e. The number of hydrogen-bond acceptors (Lipinski definition) is 3. The number of amides is 1. The molecule has 0 saturated carbocycles. The molecule has 1 atom stereocenters. The molecule has 18 heavy (non-hydrogen) atoms. The SMILES string of the molecule is CCC(CC)(C(=O)NCC1CCCCO1)C(N)=S. The Kier molecular flexibility index (Phi) is 6.02. The number of ether oxygens (including phenoxy) is 1. The minimum Gasteiger partial charge on any atom is -0.392 e. The second-order valence-electron chi connectivity index (χ2n) is 4.85. The third-order valence-electron chi connectivity index (χ3n) is 3.88. The second kappa shape index (κ2) is 7.04. The lowest BCUT2D eigenvalue weighted by Crippen LogP contribution is -2.50. The molecule has 3 N–H and O–H groups in total. The van der Waals surface area contributed by atoms with E-state index in [4.69, 9.17) is 22.7 Å². The summed E-state index contributed by atoms with van der Waals surface area (Å²) < 4.78 is 5.59. The normalized spacial score (nSPS) is 20.4. The topological polar surface area (TPSA) is 64.3 Å². The third kappa shape index (κ3) is 3.42. The average molecular weight is 272 g/mol. The van der Waals surface area contributed by atoms with Crippen LogP contribution in [0.4, 0.5) is 0 Å². The molecule has 0 spiro atoms. The highest BCUT2D eigenvalue weighted by Gasteiger charge is 2.38. The summed E-state index contributed by atoms with van der Waals surface area (Å²) in [5, 5.41) is 2.95. The van der Waals surface area contributed by atoms with E-state index in [2.05, 4.69) is 5.32 Å². The fourth-order valence-corrected chi connectivity index (χ4v) is 2.76. The van der Waals surface area contributed by atoms with Crippen molar-refractivity contribution >= 4 is 23.1 Å². The van der Waals surface area contributed by atoms with E-state index in [1.807, 2.05) is 13.8 Å². The van der Waals surface area contributed by atoms with Crippen molar-refractivity contribution in [2.24, 2.45) is 11.1 Å². The van der Waals surface area contributed by atoms with Crippen LogP contribution in [0.1, 0.15) is 46.0 Å². The fraction of sp³-hybridized carbons (Fsp3) is 0.846. The van der Waals surface area contributed by atoms with Crippen LogP contribution in [0.25, 0.3) is 0 Å². The van der Waals surface area contributed by atoms with Crippen molar-refractivity contribution in [1.82, 2.24) is 5.32 Å². The van der Waals surface area contributed by atoms with Crippen LogP contribution >= 0.6 is 12.2 Å². The molecule has 1 aliphatic heterocycles. The van der Waals surface area contributed by atoms with E-state index >= 15 is 0 Å². The van der Waals surface area contributed by atoms with E-state index in [0.717, 1.165) is 19.4 Å². The van der Waals surface area contributed by atoms with E-state index < -0.39 is 5.41 Å². The zero-order valence-electron chi connectivity index (χ0n) is 11.3. The van der Waals surface area contributed by atoms with Crippen LogP contribution < -0.4 is 11.1 Å². The van der Waals surface area contributed by atoms with Crippen LogP contribution in [-0.4, -0.2) is 30.2 Å². The van der Waals surface area contributed by atoms with Crippen molar-refractivity contribution < 1.29 is 9.53 Å². The molecule has 5 heteroatoms. The summed E-state index contributed by atoms with van der Waals surface area (Å²) in [6.45, 7) is 5.24. The van der Waals surface area contributed by atoms with E-state index in [0.29, 0.717) is 19.4 Å². The molecule has 0 aromatic carbocycles. The third-order valence-corrected chi connectivity index (χ3v) is 4.27. The Morgan fingerprint density at radius 2 is 2.11 bits per heavy atom. The van der Waals surface area contributed by atoms with Gasteiger partial charge in [0.05, 0.1) is 16.5 Å². The Labute approximate surface area is 115 Å². The van der Waals surface area contributed by atoms with Gasteiger partial charge in [-0.05, 0) is 32.1 Å². The Morgan fingerprint density at radius 3 is 2.56 bits per heavy atom. The predicted molar refractivity (Wildman–Crippen MR) is 76.4 cm³/mol. The van der Waals surface area contributed by atoms with Crippen molar-refractivity contribution in [2.45, 2.75) is 52.1 Å². The molecule has 1 saturated heterocycles. The molecule has 0 bridgehead atoms. The van der Waals surface area contributed by atoms with Gasteiger partial charge in [0.25, 0.3) is 0 Å². The van der Waals surface area contributed by atoms with Crippen molar-refractivity contribution in [2.75, 3.05) is 13.2 Å². The van der Waals surface area contributed by atoms with Gasteiger partial charge in [0.2, 0.25) is 5.91 Å². The Hall–Kier alpha value is -0.680. The molecule has 104 valence electrons. The van der Waals surface area contributed by atoms with Gasteiger partial charge in [-0.15, -0.1) is 0 Å². The number of nitrogens with two attached hydrogens (primary N) is 1. The summed E-state index contributed by atoms with van der Waals surface area (Å²) in [4.78, 5) is 12.6. The highest BCUT2D eigenvalue weighted by Crippen LogP contribution is 2.27. The molecule has 1 unspecified atom stereocenters. The van der Waals surface area contributed by atoms with E-state index in [1.54, 1.807) is 0 Å². The molecule has 1 rings (SSSR count). The van der Waals surface area contributed by atoms with E-state index in [1.165, 1.54) is 6.42 Å². The zero-order valence-corrected chi connectivity index (χ0v) is 12.1. The summed E-state index contributed by atoms with van der Waals surface area (Å²) in [6, 6.07) is 0. The summed E-state index contributed by atoms with van der Waals surface area (Å²) in [5.41, 5.74) is 5.04. The molecule has 1 aliphatic rings. The van der Waals surface area contributed by atoms with Gasteiger partial charge in [-0.3, -0.25) is 4.79 Å². The lowest BCUT2D eigenvalue weighted by Gasteiger charge is -2.30. The first-order valence-electron chi connectivity index (χ1n) is 6.76. The van der Waals surface area contributed by atoms with Gasteiger partial charge in [-0.1, -0.05) is 26.1 Å². The number of rotatable bonds is 6. The van der Waals surface area contributed by atoms with Crippen molar-refractivity contribution in [3.63, 3.8) is 0 Å². The maximum atomic E-state index is 12.3. The number of thiocarbonyl (C=S) groups is 1. The minimum absolute atomic E-state index is 0.0610. The smallest absolute Gasteiger partial charge is 0.233 e. The molecule has 4 nitrogen and oxygen atoms in total. The number of nitrogens with one attached hydrogen (secondary N) is 1. The predicted octanol–water partition coefficient (Wildman–Crippen LogP) is 1.76. The monoisotopic (exact) mass is 272 g/mol. The summed E-state index contributed by atoms with van der Waals surface area (Å²) >= 11 is 5.06. The van der Waals surface area contributed by atoms with Crippen LogP contribution in [0.3, 0.4) is 0 Å². The summed E-state index contributed by atoms with van der Waals surface area (Å²) in [5.74, 6) is -0.0610. The van der Waals surface area contributed by atoms with Crippen LogP contribution in [0, 0.1) is 5.41 Å². The van der Waals surface area contributed by atoms with Crippen LogP contribution in [0.2, 0.25) is 0 Å². The van der Waals surface area contributed by atoms with Crippen molar-refractivity contribution in [1.29, 1.82) is 0 Å². The number of carbonyl (C=O) groups excluding carboxylic acids is 1. The summed E-state index contributed by atoms with van der Waals surface area (Å²) in [7, 11) is 0. The van der Waals surface area contributed by atoms with Gasteiger partial charge >= 0.3 is 0 Å². The molecule has 1 heterocycles. The molecule has 1 amide bonds. The van der Waals surface area contributed by atoms with Gasteiger partial charge in [0, 0.05) is 13.2 Å². The first-order valence-corrected chi connectivity index (χ1v) is 7.17. The van der Waals surface area contributed by atoms with Crippen LogP contribution in [0.15, 0.2) is 0 Å². The van der Waals surface area contributed by atoms with Gasteiger partial charge in [-0.25, -0.2) is 0 Å². The van der Waals surface area contributed by atoms with E-state index in [-0.39, 0.29) is 17.0 Å². The standard InChI is InChI=1S/C13H24N2O2S/c1-3-13(4-2,11(14)18)12(16)15-9-10-7-5-6-8-17-10/h10H,3-9H2,1-2H3,(H2,14,18)(H,15,16). The lowest BCUT2D eigenvalue weighted by atomic mass is 9.81. The Morgan fingerprint density at radius 1 is 1.44 bits per heavy atom. The first-order chi connectivity index (χ1) is 8.56. The number of carbonyl (C=O) groups is 1. The van der Waals surface area contributed by atoms with Gasteiger partial charge < -0.3 is 15.8 Å². The Balaban J connectivity index is 2.53. The average Bonchev–Trinajstić information content (AvgIpc) is 2.39. The van der Waals surface area contributed by atoms with Crippen molar-refractivity contribution in [3.05, 3.63) is 0 Å². The number of hydrogen-bond donors (Lipinski definition) is 2. The van der Waals surface area contributed by atoms with Crippen LogP contribution in [-0.2, 0) is 9.53 Å². The molecular formula is C13H24N2O2S. The van der Waals surface area contributed by atoms with Gasteiger partial charge in [0.1, 0.15) is 0 Å². The molecule has 0 aliphatic carbocycles. The summed E-state index contributed by atoms with van der Waals surface area (Å²) in [6.07, 6.45) is 4.71. The molecule has 1 fully saturated rings. The van der Waals surface area contributed by atoms with E-state index in [9.17, 15) is 4.79 Å². The zero-order chi connectivity index (χ0) is 13.6. The molecule has 0 aromatic heterocycles. The Bertz CT molecular complexity index is 297. The van der Waals surface area contributed by atoms with Gasteiger partial charge in [0.15, 0.2) is 0 Å². The first kappa shape index (κ1) is 15.4. The highest BCUT2D eigenvalue weighted by molar-refractivity contribution is 7.80. The molecular weight excluding hydrogens is 248 g/mol. The van der Waals surface area contributed by atoms with Crippen molar-refractivity contribution in [3.8, 4) is 0 Å². The maximum absolute atomic E-state index is 12.3. The molecule has 0 radical (unpaired) electrons.